The lowest BCUT2D eigenvalue weighted by Gasteiger charge is -2.16. The predicted octanol–water partition coefficient (Wildman–Crippen LogP) is 1.07. The number of nitrogens with zero attached hydrogens (tertiary/aromatic N) is 1. The topological polar surface area (TPSA) is 75.5 Å². The summed E-state index contributed by atoms with van der Waals surface area (Å²) in [5.41, 5.74) is 12.8. The van der Waals surface area contributed by atoms with E-state index in [9.17, 15) is 5.21 Å². The number of rotatable bonds is 2. The van der Waals surface area contributed by atoms with Crippen molar-refractivity contribution >= 4 is 17.1 Å². The van der Waals surface area contributed by atoms with Crippen molar-refractivity contribution in [3.05, 3.63) is 18.2 Å². The molecule has 0 aliphatic rings. The van der Waals surface area contributed by atoms with Crippen LogP contribution in [0.4, 0.5) is 17.1 Å². The molecule has 0 aliphatic heterocycles. The first-order valence-electron chi connectivity index (χ1n) is 3.76. The SMILES string of the molecule is CCN(O)c1cc(N)ccc1N. The molecule has 0 spiro atoms. The maximum atomic E-state index is 9.33. The molecule has 0 fully saturated rings. The van der Waals surface area contributed by atoms with Crippen molar-refractivity contribution in [2.45, 2.75) is 6.92 Å². The third-order valence-electron chi connectivity index (χ3n) is 1.63. The first-order valence-corrected chi connectivity index (χ1v) is 3.76. The van der Waals surface area contributed by atoms with Crippen LogP contribution in [0.1, 0.15) is 6.92 Å². The van der Waals surface area contributed by atoms with E-state index >= 15 is 0 Å². The summed E-state index contributed by atoms with van der Waals surface area (Å²) in [6.07, 6.45) is 0. The van der Waals surface area contributed by atoms with Crippen LogP contribution in [-0.4, -0.2) is 11.8 Å². The highest BCUT2D eigenvalue weighted by atomic mass is 16.5. The average Bonchev–Trinajstić information content (AvgIpc) is 2.08. The fraction of sp³-hybridized carbons (Fsp3) is 0.250. The van der Waals surface area contributed by atoms with E-state index in [4.69, 9.17) is 11.5 Å². The van der Waals surface area contributed by atoms with Gasteiger partial charge in [-0.2, -0.15) is 0 Å². The van der Waals surface area contributed by atoms with Crippen molar-refractivity contribution in [3.63, 3.8) is 0 Å². The molecule has 0 saturated heterocycles. The van der Waals surface area contributed by atoms with Crippen LogP contribution >= 0.6 is 0 Å². The molecule has 0 bridgehead atoms. The Morgan fingerprint density at radius 3 is 2.67 bits per heavy atom. The van der Waals surface area contributed by atoms with Crippen LogP contribution in [0, 0.1) is 0 Å². The van der Waals surface area contributed by atoms with Gasteiger partial charge < -0.3 is 11.5 Å². The molecule has 4 nitrogen and oxygen atoms in total. The summed E-state index contributed by atoms with van der Waals surface area (Å²) in [6.45, 7) is 2.30. The van der Waals surface area contributed by atoms with Crippen molar-refractivity contribution < 1.29 is 5.21 Å². The summed E-state index contributed by atoms with van der Waals surface area (Å²) in [5.74, 6) is 0. The molecule has 1 aromatic rings. The standard InChI is InChI=1S/C8H13N3O/c1-2-11(12)8-5-6(9)3-4-7(8)10/h3-5,12H,2,9-10H2,1H3. The lowest BCUT2D eigenvalue weighted by molar-refractivity contribution is 0.260. The first kappa shape index (κ1) is 8.67. The third kappa shape index (κ3) is 1.60. The van der Waals surface area contributed by atoms with Crippen LogP contribution < -0.4 is 16.5 Å². The monoisotopic (exact) mass is 167 g/mol. The molecule has 0 unspecified atom stereocenters. The molecule has 0 atom stereocenters. The highest BCUT2D eigenvalue weighted by Gasteiger charge is 2.04. The zero-order valence-electron chi connectivity index (χ0n) is 6.99. The van der Waals surface area contributed by atoms with Crippen molar-refractivity contribution in [3.8, 4) is 0 Å². The van der Waals surface area contributed by atoms with Crippen LogP contribution in [0.2, 0.25) is 0 Å². The van der Waals surface area contributed by atoms with Gasteiger partial charge in [0, 0.05) is 12.2 Å². The van der Waals surface area contributed by atoms with Crippen molar-refractivity contribution in [1.29, 1.82) is 0 Å². The second-order valence-electron chi connectivity index (χ2n) is 2.53. The second kappa shape index (κ2) is 3.32. The molecule has 0 aromatic heterocycles. The van der Waals surface area contributed by atoms with Crippen molar-refractivity contribution in [2.24, 2.45) is 0 Å². The van der Waals surface area contributed by atoms with Gasteiger partial charge >= 0.3 is 0 Å². The third-order valence-corrected chi connectivity index (χ3v) is 1.63. The number of nitrogens with two attached hydrogens (primary N) is 2. The Hall–Kier alpha value is -1.42. The Bertz CT molecular complexity index is 275. The summed E-state index contributed by atoms with van der Waals surface area (Å²) in [4.78, 5) is 0. The fourth-order valence-electron chi connectivity index (χ4n) is 0.955. The van der Waals surface area contributed by atoms with Crippen molar-refractivity contribution in [1.82, 2.24) is 0 Å². The first-order chi connectivity index (χ1) is 5.65. The number of hydrogen-bond donors (Lipinski definition) is 3. The van der Waals surface area contributed by atoms with E-state index in [1.807, 2.05) is 6.92 Å². The Labute approximate surface area is 71.3 Å². The average molecular weight is 167 g/mol. The van der Waals surface area contributed by atoms with Crippen LogP contribution in [0.3, 0.4) is 0 Å². The van der Waals surface area contributed by atoms with Gasteiger partial charge in [0.1, 0.15) is 0 Å². The van der Waals surface area contributed by atoms with Gasteiger partial charge in [0.15, 0.2) is 0 Å². The largest absolute Gasteiger partial charge is 0.399 e. The minimum Gasteiger partial charge on any atom is -0.399 e. The van der Waals surface area contributed by atoms with Gasteiger partial charge in [0.05, 0.1) is 11.4 Å². The summed E-state index contributed by atoms with van der Waals surface area (Å²) in [7, 11) is 0. The molecule has 5 N–H and O–H groups in total. The van der Waals surface area contributed by atoms with Crippen LogP contribution in [0.5, 0.6) is 0 Å². The summed E-state index contributed by atoms with van der Waals surface area (Å²) < 4.78 is 0. The zero-order valence-corrected chi connectivity index (χ0v) is 6.99. The highest BCUT2D eigenvalue weighted by Crippen LogP contribution is 2.23. The van der Waals surface area contributed by atoms with Crippen molar-refractivity contribution in [2.75, 3.05) is 23.1 Å². The number of hydrogen-bond acceptors (Lipinski definition) is 4. The molecule has 12 heavy (non-hydrogen) atoms. The molecule has 0 heterocycles. The molecule has 66 valence electrons. The lowest BCUT2D eigenvalue weighted by Crippen LogP contribution is -2.18. The van der Waals surface area contributed by atoms with Crippen LogP contribution in [-0.2, 0) is 0 Å². The van der Waals surface area contributed by atoms with E-state index in [1.54, 1.807) is 18.2 Å². The molecule has 1 rings (SSSR count). The Morgan fingerprint density at radius 1 is 1.42 bits per heavy atom. The van der Waals surface area contributed by atoms with E-state index in [2.05, 4.69) is 0 Å². The quantitative estimate of drug-likeness (QED) is 0.455. The van der Waals surface area contributed by atoms with Gasteiger partial charge in [-0.05, 0) is 25.1 Å². The molecule has 1 aromatic carbocycles. The van der Waals surface area contributed by atoms with Crippen LogP contribution in [0.15, 0.2) is 18.2 Å². The second-order valence-corrected chi connectivity index (χ2v) is 2.53. The molecule has 0 amide bonds. The lowest BCUT2D eigenvalue weighted by atomic mass is 10.2. The molecule has 0 radical (unpaired) electrons. The Balaban J connectivity index is 3.04. The fourth-order valence-corrected chi connectivity index (χ4v) is 0.955. The number of anilines is 3. The predicted molar refractivity (Wildman–Crippen MR) is 50.1 cm³/mol. The molecule has 0 aliphatic carbocycles. The van der Waals surface area contributed by atoms with Gasteiger partial charge in [-0.1, -0.05) is 0 Å². The smallest absolute Gasteiger partial charge is 0.0883 e. The van der Waals surface area contributed by atoms with Gasteiger partial charge in [-0.25, -0.2) is 0 Å². The van der Waals surface area contributed by atoms with Gasteiger partial charge in [-0.3, -0.25) is 10.3 Å². The molecular weight excluding hydrogens is 154 g/mol. The maximum absolute atomic E-state index is 9.33. The summed E-state index contributed by atoms with van der Waals surface area (Å²) in [5, 5.41) is 10.4. The van der Waals surface area contributed by atoms with Crippen LogP contribution in [0.25, 0.3) is 0 Å². The van der Waals surface area contributed by atoms with Gasteiger partial charge in [0.2, 0.25) is 0 Å². The Morgan fingerprint density at radius 2 is 2.08 bits per heavy atom. The van der Waals surface area contributed by atoms with Gasteiger partial charge in [0.25, 0.3) is 0 Å². The van der Waals surface area contributed by atoms with E-state index in [1.165, 1.54) is 0 Å². The Kier molecular flexibility index (Phi) is 2.40. The summed E-state index contributed by atoms with van der Waals surface area (Å²) >= 11 is 0. The summed E-state index contributed by atoms with van der Waals surface area (Å²) in [6, 6.07) is 5.00. The molecule has 0 saturated carbocycles. The van der Waals surface area contributed by atoms with E-state index < -0.39 is 0 Å². The van der Waals surface area contributed by atoms with E-state index in [-0.39, 0.29) is 0 Å². The number of hydroxylamine groups is 1. The highest BCUT2D eigenvalue weighted by molar-refractivity contribution is 5.70. The normalized spacial score (nSPS) is 9.83. The number of nitrogen functional groups attached to an aromatic ring is 2. The zero-order chi connectivity index (χ0) is 9.14. The minimum absolute atomic E-state index is 0.480. The molecular formula is C8H13N3O. The molecule has 4 heteroatoms. The van der Waals surface area contributed by atoms with Gasteiger partial charge in [-0.15, -0.1) is 0 Å². The minimum atomic E-state index is 0.480. The van der Waals surface area contributed by atoms with E-state index in [0.29, 0.717) is 23.6 Å². The maximum Gasteiger partial charge on any atom is 0.0883 e. The number of benzene rings is 1. The van der Waals surface area contributed by atoms with E-state index in [0.717, 1.165) is 5.06 Å².